The molecule has 0 radical (unpaired) electrons. The van der Waals surface area contributed by atoms with Crippen molar-refractivity contribution in [3.63, 3.8) is 0 Å². The molecule has 0 unspecified atom stereocenters. The zero-order valence-corrected chi connectivity index (χ0v) is 14.7. The van der Waals surface area contributed by atoms with E-state index in [2.05, 4.69) is 15.3 Å². The Labute approximate surface area is 153 Å². The molecule has 26 heavy (non-hydrogen) atoms. The number of rotatable bonds is 5. The first-order valence-corrected chi connectivity index (χ1v) is 8.75. The first-order valence-electron chi connectivity index (χ1n) is 7.87. The number of H-pyrrole nitrogens is 1. The van der Waals surface area contributed by atoms with Gasteiger partial charge in [0.25, 0.3) is 5.56 Å². The zero-order chi connectivity index (χ0) is 18.5. The number of nitrogens with zero attached hydrogens (tertiary/aromatic N) is 1. The van der Waals surface area contributed by atoms with E-state index in [9.17, 15) is 14.0 Å². The van der Waals surface area contributed by atoms with Gasteiger partial charge in [0.05, 0.1) is 0 Å². The van der Waals surface area contributed by atoms with Crippen molar-refractivity contribution in [2.24, 2.45) is 0 Å². The van der Waals surface area contributed by atoms with Crippen molar-refractivity contribution in [3.05, 3.63) is 88.1 Å². The third kappa shape index (κ3) is 4.58. The Bertz CT molecular complexity index is 959. The Kier molecular flexibility index (Phi) is 5.48. The summed E-state index contributed by atoms with van der Waals surface area (Å²) >= 11 is 1.15. The molecule has 0 aliphatic rings. The smallest absolute Gasteiger partial charge is 0.251 e. The number of carbonyl (C=O) groups is 1. The highest BCUT2D eigenvalue weighted by atomic mass is 32.2. The molecule has 1 aromatic heterocycles. The van der Waals surface area contributed by atoms with Crippen LogP contribution in [0.25, 0.3) is 0 Å². The van der Waals surface area contributed by atoms with Crippen LogP contribution in [0.5, 0.6) is 0 Å². The SMILES string of the molecule is Cc1cc(=O)[nH]c(S[C@H](C(=O)Nc2ccc(F)cc2)c2ccccc2)n1. The van der Waals surface area contributed by atoms with E-state index < -0.39 is 5.25 Å². The largest absolute Gasteiger partial charge is 0.325 e. The second-order valence-corrected chi connectivity index (χ2v) is 6.69. The highest BCUT2D eigenvalue weighted by molar-refractivity contribution is 8.00. The molecule has 0 aliphatic heterocycles. The van der Waals surface area contributed by atoms with Crippen molar-refractivity contribution in [1.82, 2.24) is 9.97 Å². The minimum absolute atomic E-state index is 0.272. The van der Waals surface area contributed by atoms with E-state index in [0.29, 0.717) is 16.5 Å². The van der Waals surface area contributed by atoms with Gasteiger partial charge >= 0.3 is 0 Å². The Morgan fingerprint density at radius 2 is 1.85 bits per heavy atom. The summed E-state index contributed by atoms with van der Waals surface area (Å²) in [5.41, 5.74) is 1.55. The molecule has 0 saturated heterocycles. The molecular formula is C19H16FN3O2S. The van der Waals surface area contributed by atoms with E-state index in [0.717, 1.165) is 17.3 Å². The third-order valence-electron chi connectivity index (χ3n) is 3.53. The van der Waals surface area contributed by atoms with Gasteiger partial charge in [0.2, 0.25) is 5.91 Å². The number of anilines is 1. The van der Waals surface area contributed by atoms with E-state index in [4.69, 9.17) is 0 Å². The van der Waals surface area contributed by atoms with Gasteiger partial charge in [-0.25, -0.2) is 9.37 Å². The van der Waals surface area contributed by atoms with Crippen molar-refractivity contribution >= 4 is 23.4 Å². The molecule has 2 aromatic carbocycles. The van der Waals surface area contributed by atoms with Gasteiger partial charge < -0.3 is 10.3 Å². The molecule has 0 bridgehead atoms. The number of benzene rings is 2. The number of aryl methyl sites for hydroxylation is 1. The van der Waals surface area contributed by atoms with Gasteiger partial charge in [-0.15, -0.1) is 0 Å². The highest BCUT2D eigenvalue weighted by Gasteiger charge is 2.23. The molecule has 132 valence electrons. The van der Waals surface area contributed by atoms with Gasteiger partial charge in [0.1, 0.15) is 11.1 Å². The number of halogens is 1. The van der Waals surface area contributed by atoms with Crippen molar-refractivity contribution < 1.29 is 9.18 Å². The number of nitrogens with one attached hydrogen (secondary N) is 2. The van der Waals surface area contributed by atoms with Gasteiger partial charge in [-0.1, -0.05) is 42.1 Å². The van der Waals surface area contributed by atoms with Crippen LogP contribution in [0.3, 0.4) is 0 Å². The maximum Gasteiger partial charge on any atom is 0.251 e. The predicted molar refractivity (Wildman–Crippen MR) is 99.7 cm³/mol. The fraction of sp³-hybridized carbons (Fsp3) is 0.105. The molecule has 2 N–H and O–H groups in total. The standard InChI is InChI=1S/C19H16FN3O2S/c1-12-11-16(24)23-19(21-12)26-17(13-5-3-2-4-6-13)18(25)22-15-9-7-14(20)8-10-15/h2-11,17H,1H3,(H,22,25)(H,21,23,24)/t17-/m0/s1. The molecule has 0 fully saturated rings. The molecular weight excluding hydrogens is 353 g/mol. The molecule has 0 spiro atoms. The van der Waals surface area contributed by atoms with E-state index in [1.807, 2.05) is 30.3 Å². The number of thioether (sulfide) groups is 1. The fourth-order valence-electron chi connectivity index (χ4n) is 2.36. The lowest BCUT2D eigenvalue weighted by Crippen LogP contribution is -2.20. The van der Waals surface area contributed by atoms with Gasteiger partial charge in [0, 0.05) is 17.4 Å². The van der Waals surface area contributed by atoms with Crippen LogP contribution in [0.15, 0.2) is 70.6 Å². The second kappa shape index (κ2) is 7.97. The van der Waals surface area contributed by atoms with Crippen LogP contribution in [0.4, 0.5) is 10.1 Å². The topological polar surface area (TPSA) is 74.8 Å². The van der Waals surface area contributed by atoms with Crippen LogP contribution in [0.2, 0.25) is 0 Å². The Morgan fingerprint density at radius 1 is 1.15 bits per heavy atom. The van der Waals surface area contributed by atoms with Crippen molar-refractivity contribution in [2.45, 2.75) is 17.3 Å². The predicted octanol–water partition coefficient (Wildman–Crippen LogP) is 3.69. The number of amides is 1. The molecule has 1 amide bonds. The lowest BCUT2D eigenvalue weighted by atomic mass is 10.1. The van der Waals surface area contributed by atoms with Crippen LogP contribution in [0, 0.1) is 12.7 Å². The summed E-state index contributed by atoms with van der Waals surface area (Å²) in [7, 11) is 0. The molecule has 5 nitrogen and oxygen atoms in total. The van der Waals surface area contributed by atoms with Gasteiger partial charge in [-0.05, 0) is 36.8 Å². The van der Waals surface area contributed by atoms with Crippen LogP contribution in [0.1, 0.15) is 16.5 Å². The molecule has 1 atom stereocenters. The Morgan fingerprint density at radius 3 is 2.50 bits per heavy atom. The quantitative estimate of drug-likeness (QED) is 0.531. The molecule has 1 heterocycles. The Hall–Kier alpha value is -2.93. The number of aromatic nitrogens is 2. The molecule has 0 saturated carbocycles. The summed E-state index contributed by atoms with van der Waals surface area (Å²) in [5, 5.41) is 2.50. The van der Waals surface area contributed by atoms with Crippen LogP contribution in [-0.4, -0.2) is 15.9 Å². The number of carbonyl (C=O) groups excluding carboxylic acids is 1. The number of aromatic amines is 1. The average Bonchev–Trinajstić information content (AvgIpc) is 2.61. The van der Waals surface area contributed by atoms with E-state index in [1.54, 1.807) is 6.92 Å². The average molecular weight is 369 g/mol. The minimum Gasteiger partial charge on any atom is -0.325 e. The van der Waals surface area contributed by atoms with E-state index in [1.165, 1.54) is 30.3 Å². The Balaban J connectivity index is 1.89. The molecule has 3 aromatic rings. The van der Waals surface area contributed by atoms with Crippen molar-refractivity contribution in [3.8, 4) is 0 Å². The molecule has 0 aliphatic carbocycles. The van der Waals surface area contributed by atoms with Crippen LogP contribution >= 0.6 is 11.8 Å². The zero-order valence-electron chi connectivity index (χ0n) is 13.9. The summed E-state index contributed by atoms with van der Waals surface area (Å²) < 4.78 is 13.1. The third-order valence-corrected chi connectivity index (χ3v) is 4.67. The van der Waals surface area contributed by atoms with Crippen LogP contribution in [-0.2, 0) is 4.79 Å². The molecule has 3 rings (SSSR count). The van der Waals surface area contributed by atoms with Crippen molar-refractivity contribution in [1.29, 1.82) is 0 Å². The summed E-state index contributed by atoms with van der Waals surface area (Å²) in [4.78, 5) is 31.4. The minimum atomic E-state index is -0.633. The van der Waals surface area contributed by atoms with E-state index in [-0.39, 0.29) is 17.3 Å². The fourth-order valence-corrected chi connectivity index (χ4v) is 3.40. The van der Waals surface area contributed by atoms with Gasteiger partial charge in [-0.2, -0.15) is 0 Å². The number of hydrogen-bond acceptors (Lipinski definition) is 4. The monoisotopic (exact) mass is 369 g/mol. The first-order chi connectivity index (χ1) is 12.5. The lowest BCUT2D eigenvalue weighted by Gasteiger charge is -2.16. The van der Waals surface area contributed by atoms with Crippen LogP contribution < -0.4 is 10.9 Å². The van der Waals surface area contributed by atoms with E-state index >= 15 is 0 Å². The summed E-state index contributed by atoms with van der Waals surface area (Å²) in [5.74, 6) is -0.671. The summed E-state index contributed by atoms with van der Waals surface area (Å²) in [6.45, 7) is 1.72. The summed E-state index contributed by atoms with van der Waals surface area (Å²) in [6, 6.07) is 16.1. The van der Waals surface area contributed by atoms with Crippen molar-refractivity contribution in [2.75, 3.05) is 5.32 Å². The maximum atomic E-state index is 13.1. The second-order valence-electron chi connectivity index (χ2n) is 5.60. The van der Waals surface area contributed by atoms with Gasteiger partial charge in [-0.3, -0.25) is 9.59 Å². The van der Waals surface area contributed by atoms with Gasteiger partial charge in [0.15, 0.2) is 5.16 Å². The number of hydrogen-bond donors (Lipinski definition) is 2. The first kappa shape index (κ1) is 17.9. The highest BCUT2D eigenvalue weighted by Crippen LogP contribution is 2.34. The molecule has 7 heteroatoms. The lowest BCUT2D eigenvalue weighted by molar-refractivity contribution is -0.115. The summed E-state index contributed by atoms with van der Waals surface area (Å²) in [6.07, 6.45) is 0. The normalized spacial score (nSPS) is 11.8. The maximum absolute atomic E-state index is 13.1.